The Balaban J connectivity index is 0.000000655. The van der Waals surface area contributed by atoms with Crippen LogP contribution in [-0.2, 0) is 0 Å². The molecule has 1 nitrogen and oxygen atoms in total. The van der Waals surface area contributed by atoms with Gasteiger partial charge < -0.3 is 4.90 Å². The molecule has 1 spiro atoms. The van der Waals surface area contributed by atoms with E-state index in [1.807, 2.05) is 13.8 Å². The molecule has 35 heavy (non-hydrogen) atoms. The molecule has 0 radical (unpaired) electrons. The molecule has 1 saturated carbocycles. The summed E-state index contributed by atoms with van der Waals surface area (Å²) >= 11 is 0. The Morgan fingerprint density at radius 2 is 1.46 bits per heavy atom. The van der Waals surface area contributed by atoms with Gasteiger partial charge in [0, 0.05) is 18.8 Å². The maximum Gasteiger partial charge on any atom is 0.0366 e. The minimum Gasteiger partial charge on any atom is -0.371 e. The first-order valence-corrected chi connectivity index (χ1v) is 14.6. The van der Waals surface area contributed by atoms with Crippen molar-refractivity contribution in [1.82, 2.24) is 4.90 Å². The smallest absolute Gasteiger partial charge is 0.0366 e. The minimum absolute atomic E-state index is 0.530. The third-order valence-electron chi connectivity index (χ3n) is 8.08. The summed E-state index contributed by atoms with van der Waals surface area (Å²) in [5, 5.41) is 0. The number of nitrogens with zero attached hydrogens (tertiary/aromatic N) is 1. The van der Waals surface area contributed by atoms with Gasteiger partial charge in [-0.3, -0.25) is 0 Å². The van der Waals surface area contributed by atoms with Crippen LogP contribution in [-0.4, -0.2) is 18.0 Å². The summed E-state index contributed by atoms with van der Waals surface area (Å²) in [7, 11) is 0. The van der Waals surface area contributed by atoms with Crippen molar-refractivity contribution < 1.29 is 0 Å². The Kier molecular flexibility index (Phi) is 12.7. The van der Waals surface area contributed by atoms with Gasteiger partial charge in [-0.15, -0.1) is 0 Å². The lowest BCUT2D eigenvalue weighted by molar-refractivity contribution is 0.0510. The molecule has 2 aliphatic rings. The van der Waals surface area contributed by atoms with Crippen molar-refractivity contribution in [2.45, 2.75) is 105 Å². The number of rotatable bonds is 6. The molecular weight excluding hydrogens is 422 g/mol. The molecule has 2 fully saturated rings. The quantitative estimate of drug-likeness (QED) is 0.401. The van der Waals surface area contributed by atoms with Gasteiger partial charge in [-0.2, -0.15) is 0 Å². The number of unbranched alkanes of at least 4 members (excludes halogenated alkanes) is 1. The first kappa shape index (κ1) is 29.2. The Hall–Kier alpha value is -2.02. The summed E-state index contributed by atoms with van der Waals surface area (Å²) in [6.45, 7) is 19.6. The van der Waals surface area contributed by atoms with Crippen LogP contribution in [0.2, 0.25) is 0 Å². The Bertz CT molecular complexity index is 825. The van der Waals surface area contributed by atoms with Crippen molar-refractivity contribution >= 4 is 5.70 Å². The SMILES string of the molecule is C=C(c1ccc(C)cc1)N1CCC2(CC1)CC(CCC)CC(c1ccccc1)C2.CC.CCCC. The van der Waals surface area contributed by atoms with Gasteiger partial charge in [-0.05, 0) is 67.4 Å². The molecule has 2 unspecified atom stereocenters. The molecule has 2 atom stereocenters. The van der Waals surface area contributed by atoms with Crippen LogP contribution in [0.5, 0.6) is 0 Å². The van der Waals surface area contributed by atoms with E-state index in [1.54, 1.807) is 5.56 Å². The van der Waals surface area contributed by atoms with Gasteiger partial charge in [-0.1, -0.05) is 127 Å². The van der Waals surface area contributed by atoms with Crippen molar-refractivity contribution in [3.05, 3.63) is 77.9 Å². The molecule has 1 aliphatic heterocycles. The van der Waals surface area contributed by atoms with E-state index in [9.17, 15) is 0 Å². The highest BCUT2D eigenvalue weighted by Gasteiger charge is 2.42. The topological polar surface area (TPSA) is 3.24 Å². The average Bonchev–Trinajstić information content (AvgIpc) is 2.91. The maximum absolute atomic E-state index is 4.44. The second-order valence-electron chi connectivity index (χ2n) is 10.7. The van der Waals surface area contributed by atoms with E-state index >= 15 is 0 Å². The van der Waals surface area contributed by atoms with Crippen molar-refractivity contribution in [3.63, 3.8) is 0 Å². The van der Waals surface area contributed by atoms with Gasteiger partial charge in [0.2, 0.25) is 0 Å². The first-order valence-electron chi connectivity index (χ1n) is 14.6. The zero-order valence-electron chi connectivity index (χ0n) is 23.8. The molecular formula is C34H53N. The number of hydrogen-bond acceptors (Lipinski definition) is 1. The lowest BCUT2D eigenvalue weighted by Crippen LogP contribution is -2.43. The second kappa shape index (κ2) is 15.2. The zero-order valence-corrected chi connectivity index (χ0v) is 23.8. The standard InChI is InChI=1S/C28H37N.C4H10.C2H6/c1-4-8-24-19-27(26-9-6-5-7-10-26)21-28(20-24)15-17-29(18-16-28)23(3)25-13-11-22(2)12-14-25;1-3-4-2;1-2/h5-7,9-14,24,27H,3-4,8,15-21H2,1-2H3;3-4H2,1-2H3;1-2H3. The van der Waals surface area contributed by atoms with Crippen molar-refractivity contribution in [3.8, 4) is 0 Å². The number of benzene rings is 2. The Labute approximate surface area is 218 Å². The fraction of sp³-hybridized carbons (Fsp3) is 0.588. The van der Waals surface area contributed by atoms with Gasteiger partial charge in [0.15, 0.2) is 0 Å². The summed E-state index contributed by atoms with van der Waals surface area (Å²) in [6.07, 6.45) is 12.2. The molecule has 1 aliphatic carbocycles. The molecule has 0 bridgehead atoms. The minimum atomic E-state index is 0.530. The monoisotopic (exact) mass is 475 g/mol. The largest absolute Gasteiger partial charge is 0.371 e. The molecule has 0 amide bonds. The number of likely N-dealkylation sites (tertiary alicyclic amines) is 1. The van der Waals surface area contributed by atoms with Crippen LogP contribution in [0, 0.1) is 18.3 Å². The van der Waals surface area contributed by atoms with Crippen LogP contribution in [0.25, 0.3) is 5.70 Å². The van der Waals surface area contributed by atoms with Gasteiger partial charge in [0.25, 0.3) is 0 Å². The van der Waals surface area contributed by atoms with Crippen molar-refractivity contribution in [2.24, 2.45) is 11.3 Å². The van der Waals surface area contributed by atoms with Gasteiger partial charge in [0.05, 0.1) is 0 Å². The van der Waals surface area contributed by atoms with Crippen LogP contribution < -0.4 is 0 Å². The number of hydrogen-bond donors (Lipinski definition) is 0. The summed E-state index contributed by atoms with van der Waals surface area (Å²) in [6, 6.07) is 20.2. The molecule has 2 aromatic rings. The van der Waals surface area contributed by atoms with E-state index in [-0.39, 0.29) is 0 Å². The van der Waals surface area contributed by atoms with E-state index in [2.05, 4.69) is 93.8 Å². The second-order valence-corrected chi connectivity index (χ2v) is 10.7. The summed E-state index contributed by atoms with van der Waals surface area (Å²) in [4.78, 5) is 2.54. The van der Waals surface area contributed by atoms with Crippen molar-refractivity contribution in [1.29, 1.82) is 0 Å². The molecule has 0 aromatic heterocycles. The summed E-state index contributed by atoms with van der Waals surface area (Å²) < 4.78 is 0. The predicted molar refractivity (Wildman–Crippen MR) is 157 cm³/mol. The van der Waals surface area contributed by atoms with Crippen LogP contribution in [0.3, 0.4) is 0 Å². The van der Waals surface area contributed by atoms with Gasteiger partial charge in [0.1, 0.15) is 0 Å². The van der Waals surface area contributed by atoms with E-state index in [0.717, 1.165) is 24.9 Å². The Morgan fingerprint density at radius 3 is 2.00 bits per heavy atom. The summed E-state index contributed by atoms with van der Waals surface area (Å²) in [5.74, 6) is 1.64. The highest BCUT2D eigenvalue weighted by molar-refractivity contribution is 5.62. The fourth-order valence-electron chi connectivity index (χ4n) is 5.98. The highest BCUT2D eigenvalue weighted by atomic mass is 15.1. The van der Waals surface area contributed by atoms with E-state index in [4.69, 9.17) is 0 Å². The molecule has 1 saturated heterocycles. The molecule has 1 heterocycles. The molecule has 1 heteroatoms. The molecule has 2 aromatic carbocycles. The third-order valence-corrected chi connectivity index (χ3v) is 8.08. The third kappa shape index (κ3) is 8.55. The molecule has 0 N–H and O–H groups in total. The van der Waals surface area contributed by atoms with Crippen LogP contribution >= 0.6 is 0 Å². The number of aryl methyl sites for hydroxylation is 1. The molecule has 4 rings (SSSR count). The normalized spacial score (nSPS) is 20.8. The predicted octanol–water partition coefficient (Wildman–Crippen LogP) is 10.3. The lowest BCUT2D eigenvalue weighted by atomic mass is 9.59. The summed E-state index contributed by atoms with van der Waals surface area (Å²) in [5.41, 5.74) is 5.90. The number of piperidine rings is 1. The maximum atomic E-state index is 4.44. The average molecular weight is 476 g/mol. The van der Waals surface area contributed by atoms with E-state index in [1.165, 1.54) is 74.6 Å². The lowest BCUT2D eigenvalue weighted by Gasteiger charge is -2.50. The highest BCUT2D eigenvalue weighted by Crippen LogP contribution is 2.53. The van der Waals surface area contributed by atoms with Crippen LogP contribution in [0.1, 0.15) is 115 Å². The van der Waals surface area contributed by atoms with E-state index < -0.39 is 0 Å². The van der Waals surface area contributed by atoms with Crippen LogP contribution in [0.15, 0.2) is 61.2 Å². The van der Waals surface area contributed by atoms with Gasteiger partial charge in [-0.25, -0.2) is 0 Å². The zero-order chi connectivity index (χ0) is 25.7. The fourth-order valence-corrected chi connectivity index (χ4v) is 5.98. The van der Waals surface area contributed by atoms with Crippen molar-refractivity contribution in [2.75, 3.05) is 13.1 Å². The van der Waals surface area contributed by atoms with Crippen LogP contribution in [0.4, 0.5) is 0 Å². The van der Waals surface area contributed by atoms with E-state index in [0.29, 0.717) is 5.41 Å². The Morgan fingerprint density at radius 1 is 0.857 bits per heavy atom. The van der Waals surface area contributed by atoms with Gasteiger partial charge >= 0.3 is 0 Å². The first-order chi connectivity index (χ1) is 17.0. The molecule has 194 valence electrons.